The lowest BCUT2D eigenvalue weighted by Crippen LogP contribution is -2.30. The molecule has 0 saturated carbocycles. The molecule has 0 radical (unpaired) electrons. The van der Waals surface area contributed by atoms with Gasteiger partial charge in [0.25, 0.3) is 0 Å². The number of rotatable bonds is 2. The molecule has 6 heteroatoms. The minimum atomic E-state index is 0.340. The summed E-state index contributed by atoms with van der Waals surface area (Å²) in [5, 5.41) is 12.9. The van der Waals surface area contributed by atoms with Gasteiger partial charge in [-0.25, -0.2) is 4.68 Å². The third-order valence-electron chi connectivity index (χ3n) is 2.51. The van der Waals surface area contributed by atoms with Crippen LogP contribution in [0.25, 0.3) is 0 Å². The van der Waals surface area contributed by atoms with Crippen molar-refractivity contribution in [3.8, 4) is 0 Å². The van der Waals surface area contributed by atoms with E-state index >= 15 is 0 Å². The number of tetrazole rings is 1. The number of nitrogens with zero attached hydrogens (tertiary/aromatic N) is 4. The first-order chi connectivity index (χ1) is 7.15. The molecule has 0 bridgehead atoms. The third kappa shape index (κ3) is 2.69. The standard InChI is InChI=1S/C9H16N4OS/c1-6-4-8(5-7(2)14-6)15-9-10-11-12-13(9)3/h6-8H,4-5H2,1-3H3/t6-,7-/m1/s1. The molecule has 1 fully saturated rings. The number of hydrogen-bond acceptors (Lipinski definition) is 5. The number of thioether (sulfide) groups is 1. The van der Waals surface area contributed by atoms with Crippen molar-refractivity contribution in [1.29, 1.82) is 0 Å². The van der Waals surface area contributed by atoms with Crippen molar-refractivity contribution in [3.05, 3.63) is 0 Å². The van der Waals surface area contributed by atoms with E-state index in [1.807, 2.05) is 7.05 Å². The van der Waals surface area contributed by atoms with E-state index in [1.165, 1.54) is 0 Å². The molecule has 2 atom stereocenters. The summed E-state index contributed by atoms with van der Waals surface area (Å²) in [5.74, 6) is 0. The molecule has 2 rings (SSSR count). The Morgan fingerprint density at radius 3 is 2.53 bits per heavy atom. The fraction of sp³-hybridized carbons (Fsp3) is 0.889. The summed E-state index contributed by atoms with van der Waals surface area (Å²) in [6.07, 6.45) is 2.82. The van der Waals surface area contributed by atoms with Gasteiger partial charge in [-0.2, -0.15) is 0 Å². The zero-order chi connectivity index (χ0) is 10.8. The van der Waals surface area contributed by atoms with Crippen LogP contribution < -0.4 is 0 Å². The van der Waals surface area contributed by atoms with Gasteiger partial charge in [0.15, 0.2) is 0 Å². The molecular weight excluding hydrogens is 212 g/mol. The quantitative estimate of drug-likeness (QED) is 0.762. The number of ether oxygens (including phenoxy) is 1. The smallest absolute Gasteiger partial charge is 0.209 e. The van der Waals surface area contributed by atoms with Crippen molar-refractivity contribution in [2.24, 2.45) is 7.05 Å². The van der Waals surface area contributed by atoms with Gasteiger partial charge in [0, 0.05) is 12.3 Å². The van der Waals surface area contributed by atoms with Crippen LogP contribution in [0.3, 0.4) is 0 Å². The molecule has 0 aromatic carbocycles. The van der Waals surface area contributed by atoms with Crippen molar-refractivity contribution >= 4 is 11.8 Å². The SMILES string of the molecule is C[C@@H]1CC(Sc2nnnn2C)C[C@@H](C)O1. The van der Waals surface area contributed by atoms with E-state index < -0.39 is 0 Å². The van der Waals surface area contributed by atoms with Crippen LogP contribution in [-0.4, -0.2) is 37.7 Å². The maximum Gasteiger partial charge on any atom is 0.209 e. The lowest BCUT2D eigenvalue weighted by Gasteiger charge is -2.31. The Morgan fingerprint density at radius 1 is 1.33 bits per heavy atom. The minimum Gasteiger partial charge on any atom is -0.375 e. The summed E-state index contributed by atoms with van der Waals surface area (Å²) in [6.45, 7) is 4.25. The first kappa shape index (κ1) is 10.9. The Kier molecular flexibility index (Phi) is 3.25. The van der Waals surface area contributed by atoms with E-state index in [4.69, 9.17) is 4.74 Å². The van der Waals surface area contributed by atoms with E-state index in [0.717, 1.165) is 18.0 Å². The van der Waals surface area contributed by atoms with Crippen LogP contribution in [0.5, 0.6) is 0 Å². The molecular formula is C9H16N4OS. The number of hydrogen-bond donors (Lipinski definition) is 0. The van der Waals surface area contributed by atoms with Crippen LogP contribution >= 0.6 is 11.8 Å². The van der Waals surface area contributed by atoms with Crippen molar-refractivity contribution < 1.29 is 4.74 Å². The van der Waals surface area contributed by atoms with Gasteiger partial charge in [0.2, 0.25) is 5.16 Å². The second kappa shape index (κ2) is 4.49. The van der Waals surface area contributed by atoms with E-state index in [1.54, 1.807) is 16.4 Å². The Morgan fingerprint density at radius 2 is 2.00 bits per heavy atom. The monoisotopic (exact) mass is 228 g/mol. The van der Waals surface area contributed by atoms with Crippen LogP contribution in [0, 0.1) is 0 Å². The molecule has 15 heavy (non-hydrogen) atoms. The maximum atomic E-state index is 5.69. The molecule has 1 saturated heterocycles. The summed E-state index contributed by atoms with van der Waals surface area (Å²) >= 11 is 1.75. The number of aromatic nitrogens is 4. The molecule has 1 aliphatic heterocycles. The zero-order valence-corrected chi connectivity index (χ0v) is 10.1. The molecule has 2 heterocycles. The molecule has 1 aromatic heterocycles. The summed E-state index contributed by atoms with van der Waals surface area (Å²) in [6, 6.07) is 0. The van der Waals surface area contributed by atoms with E-state index in [-0.39, 0.29) is 0 Å². The molecule has 0 aliphatic carbocycles. The lowest BCUT2D eigenvalue weighted by molar-refractivity contribution is -0.0265. The van der Waals surface area contributed by atoms with E-state index in [2.05, 4.69) is 29.4 Å². The van der Waals surface area contributed by atoms with E-state index in [0.29, 0.717) is 17.5 Å². The van der Waals surface area contributed by atoms with Gasteiger partial charge < -0.3 is 4.74 Å². The van der Waals surface area contributed by atoms with Crippen molar-refractivity contribution in [2.75, 3.05) is 0 Å². The maximum absolute atomic E-state index is 5.69. The molecule has 84 valence electrons. The predicted molar refractivity (Wildman–Crippen MR) is 57.7 cm³/mol. The van der Waals surface area contributed by atoms with Gasteiger partial charge in [0.1, 0.15) is 0 Å². The van der Waals surface area contributed by atoms with Crippen molar-refractivity contribution in [2.45, 2.75) is 49.3 Å². The Hall–Kier alpha value is -0.620. The van der Waals surface area contributed by atoms with Gasteiger partial charge in [-0.3, -0.25) is 0 Å². The van der Waals surface area contributed by atoms with Gasteiger partial charge in [-0.05, 0) is 37.1 Å². The normalized spacial score (nSPS) is 31.8. The lowest BCUT2D eigenvalue weighted by atomic mass is 10.1. The topological polar surface area (TPSA) is 52.8 Å². The zero-order valence-electron chi connectivity index (χ0n) is 9.25. The molecule has 1 aromatic rings. The highest BCUT2D eigenvalue weighted by Gasteiger charge is 2.26. The molecule has 1 aliphatic rings. The van der Waals surface area contributed by atoms with Crippen LogP contribution in [0.2, 0.25) is 0 Å². The largest absolute Gasteiger partial charge is 0.375 e. The fourth-order valence-corrected chi connectivity index (χ4v) is 3.22. The highest BCUT2D eigenvalue weighted by atomic mass is 32.2. The molecule has 0 N–H and O–H groups in total. The number of aryl methyl sites for hydroxylation is 1. The first-order valence-electron chi connectivity index (χ1n) is 5.19. The summed E-state index contributed by atoms with van der Waals surface area (Å²) in [7, 11) is 1.87. The molecule has 0 spiro atoms. The van der Waals surface area contributed by atoms with Crippen LogP contribution in [0.1, 0.15) is 26.7 Å². The first-order valence-corrected chi connectivity index (χ1v) is 6.07. The highest BCUT2D eigenvalue weighted by molar-refractivity contribution is 7.99. The summed E-state index contributed by atoms with van der Waals surface area (Å²) < 4.78 is 7.41. The molecule has 0 unspecified atom stereocenters. The Labute approximate surface area is 93.6 Å². The van der Waals surface area contributed by atoms with Crippen LogP contribution in [0.15, 0.2) is 5.16 Å². The highest BCUT2D eigenvalue weighted by Crippen LogP contribution is 2.32. The van der Waals surface area contributed by atoms with Crippen LogP contribution in [-0.2, 0) is 11.8 Å². The van der Waals surface area contributed by atoms with E-state index in [9.17, 15) is 0 Å². The van der Waals surface area contributed by atoms with Crippen molar-refractivity contribution in [3.63, 3.8) is 0 Å². The third-order valence-corrected chi connectivity index (χ3v) is 3.78. The van der Waals surface area contributed by atoms with Gasteiger partial charge in [0.05, 0.1) is 12.2 Å². The van der Waals surface area contributed by atoms with Crippen LogP contribution in [0.4, 0.5) is 0 Å². The Bertz CT molecular complexity index is 320. The van der Waals surface area contributed by atoms with Crippen molar-refractivity contribution in [1.82, 2.24) is 20.2 Å². The second-order valence-corrected chi connectivity index (χ2v) is 5.32. The molecule has 0 amide bonds. The van der Waals surface area contributed by atoms with Gasteiger partial charge in [-0.1, -0.05) is 11.8 Å². The molecule has 5 nitrogen and oxygen atoms in total. The average molecular weight is 228 g/mol. The van der Waals surface area contributed by atoms with Gasteiger partial charge >= 0.3 is 0 Å². The minimum absolute atomic E-state index is 0.340. The fourth-order valence-electron chi connectivity index (χ4n) is 1.91. The summed E-state index contributed by atoms with van der Waals surface area (Å²) in [5.41, 5.74) is 0. The average Bonchev–Trinajstić information content (AvgIpc) is 2.50. The predicted octanol–water partition coefficient (Wildman–Crippen LogP) is 1.26. The second-order valence-electron chi connectivity index (χ2n) is 4.05. The van der Waals surface area contributed by atoms with Gasteiger partial charge in [-0.15, -0.1) is 5.10 Å². The summed E-state index contributed by atoms with van der Waals surface area (Å²) in [4.78, 5) is 0. The Balaban J connectivity index is 1.97.